The lowest BCUT2D eigenvalue weighted by molar-refractivity contribution is 0.162. The van der Waals surface area contributed by atoms with Gasteiger partial charge in [-0.15, -0.1) is 0 Å². The maximum absolute atomic E-state index is 9.80. The third-order valence-electron chi connectivity index (χ3n) is 3.81. The third-order valence-corrected chi connectivity index (χ3v) is 4.42. The van der Waals surface area contributed by atoms with E-state index in [4.69, 9.17) is 10.5 Å². The van der Waals surface area contributed by atoms with E-state index in [-0.39, 0.29) is 11.8 Å². The van der Waals surface area contributed by atoms with Crippen molar-refractivity contribution < 1.29 is 9.84 Å². The zero-order valence-electron chi connectivity index (χ0n) is 11.4. The predicted octanol–water partition coefficient (Wildman–Crippen LogP) is 2.33. The first kappa shape index (κ1) is 14.6. The smallest absolute Gasteiger partial charge is 0.172 e. The van der Waals surface area contributed by atoms with Crippen LogP contribution in [0.3, 0.4) is 0 Å². The quantitative estimate of drug-likeness (QED) is 0.894. The second kappa shape index (κ2) is 6.11. The molecular weight excluding hydrogens is 308 g/mol. The molecule has 5 heteroatoms. The Bertz CT molecular complexity index is 453. The summed E-state index contributed by atoms with van der Waals surface area (Å²) in [6, 6.07) is 4.06. The van der Waals surface area contributed by atoms with Gasteiger partial charge in [-0.05, 0) is 52.5 Å². The molecule has 3 N–H and O–H groups in total. The van der Waals surface area contributed by atoms with Crippen molar-refractivity contribution in [3.63, 3.8) is 0 Å². The van der Waals surface area contributed by atoms with Crippen LogP contribution in [0.25, 0.3) is 0 Å². The molecular formula is C14H21BrN2O2. The van der Waals surface area contributed by atoms with Gasteiger partial charge < -0.3 is 15.6 Å². The van der Waals surface area contributed by atoms with Crippen LogP contribution in [0, 0.1) is 5.92 Å². The first-order valence-corrected chi connectivity index (χ1v) is 7.34. The van der Waals surface area contributed by atoms with Crippen molar-refractivity contribution in [2.75, 3.05) is 20.2 Å². The monoisotopic (exact) mass is 328 g/mol. The van der Waals surface area contributed by atoms with Crippen molar-refractivity contribution in [2.45, 2.75) is 25.9 Å². The first-order valence-electron chi connectivity index (χ1n) is 6.54. The second-order valence-electron chi connectivity index (χ2n) is 5.29. The highest BCUT2D eigenvalue weighted by Gasteiger charge is 2.23. The highest BCUT2D eigenvalue weighted by Crippen LogP contribution is 2.35. The number of halogens is 1. The Morgan fingerprint density at radius 3 is 2.89 bits per heavy atom. The fraction of sp³-hybridized carbons (Fsp3) is 0.571. The van der Waals surface area contributed by atoms with Gasteiger partial charge in [-0.3, -0.25) is 4.90 Å². The normalized spacial score (nSPS) is 24.4. The molecule has 1 aliphatic rings. The number of benzene rings is 1. The largest absolute Gasteiger partial charge is 0.503 e. The van der Waals surface area contributed by atoms with Crippen LogP contribution in [0.5, 0.6) is 11.5 Å². The van der Waals surface area contributed by atoms with Crippen molar-refractivity contribution in [3.8, 4) is 11.5 Å². The van der Waals surface area contributed by atoms with E-state index < -0.39 is 0 Å². The van der Waals surface area contributed by atoms with E-state index in [1.54, 1.807) is 7.11 Å². The molecule has 2 rings (SSSR count). The number of nitrogens with zero attached hydrogens (tertiary/aromatic N) is 1. The van der Waals surface area contributed by atoms with Crippen molar-refractivity contribution in [2.24, 2.45) is 11.7 Å². The topological polar surface area (TPSA) is 58.7 Å². The number of nitrogens with two attached hydrogens (primary N) is 1. The van der Waals surface area contributed by atoms with Gasteiger partial charge >= 0.3 is 0 Å². The summed E-state index contributed by atoms with van der Waals surface area (Å²) >= 11 is 3.35. The maximum atomic E-state index is 9.80. The minimum Gasteiger partial charge on any atom is -0.503 e. The summed E-state index contributed by atoms with van der Waals surface area (Å²) in [4.78, 5) is 2.35. The van der Waals surface area contributed by atoms with E-state index in [2.05, 4.69) is 27.8 Å². The highest BCUT2D eigenvalue weighted by molar-refractivity contribution is 9.10. The Kier molecular flexibility index (Phi) is 4.71. The Labute approximate surface area is 122 Å². The number of ether oxygens (including phenoxy) is 1. The van der Waals surface area contributed by atoms with E-state index in [0.29, 0.717) is 16.1 Å². The van der Waals surface area contributed by atoms with E-state index in [1.165, 1.54) is 0 Å². The maximum Gasteiger partial charge on any atom is 0.172 e. The fourth-order valence-corrected chi connectivity index (χ4v) is 2.94. The summed E-state index contributed by atoms with van der Waals surface area (Å²) in [6.07, 6.45) is 1.14. The molecule has 0 amide bonds. The number of piperidine rings is 1. The third kappa shape index (κ3) is 3.41. The van der Waals surface area contributed by atoms with E-state index >= 15 is 0 Å². The molecule has 1 aromatic carbocycles. The lowest BCUT2D eigenvalue weighted by Gasteiger charge is -2.35. The highest BCUT2D eigenvalue weighted by atomic mass is 79.9. The summed E-state index contributed by atoms with van der Waals surface area (Å²) in [5.74, 6) is 1.24. The molecule has 0 bridgehead atoms. The van der Waals surface area contributed by atoms with E-state index in [9.17, 15) is 5.11 Å². The lowest BCUT2D eigenvalue weighted by atomic mass is 9.94. The van der Waals surface area contributed by atoms with Gasteiger partial charge in [0.25, 0.3) is 0 Å². The second-order valence-corrected chi connectivity index (χ2v) is 6.15. The number of rotatable bonds is 3. The minimum absolute atomic E-state index is 0.148. The van der Waals surface area contributed by atoms with Gasteiger partial charge in [0.05, 0.1) is 11.6 Å². The lowest BCUT2D eigenvalue weighted by Crippen LogP contribution is -2.47. The van der Waals surface area contributed by atoms with E-state index in [1.807, 2.05) is 12.1 Å². The van der Waals surface area contributed by atoms with Gasteiger partial charge in [0.2, 0.25) is 0 Å². The molecule has 1 saturated heterocycles. The minimum atomic E-state index is 0.148. The Morgan fingerprint density at radius 2 is 2.26 bits per heavy atom. The van der Waals surface area contributed by atoms with Crippen LogP contribution in [0.15, 0.2) is 16.6 Å². The molecule has 1 aliphatic heterocycles. The van der Waals surface area contributed by atoms with Crippen molar-refractivity contribution in [1.29, 1.82) is 0 Å². The van der Waals surface area contributed by atoms with Crippen molar-refractivity contribution in [1.82, 2.24) is 4.90 Å². The first-order chi connectivity index (χ1) is 9.01. The molecule has 0 saturated carbocycles. The molecule has 4 nitrogen and oxygen atoms in total. The SMILES string of the molecule is COc1cc(CN2CCC(C)C(N)C2)cc(Br)c1O. The number of aromatic hydroxyl groups is 1. The molecule has 0 aliphatic carbocycles. The average molecular weight is 329 g/mol. The van der Waals surface area contributed by atoms with Gasteiger partial charge in [-0.1, -0.05) is 6.92 Å². The van der Waals surface area contributed by atoms with Crippen LogP contribution in [-0.4, -0.2) is 36.2 Å². The standard InChI is InChI=1S/C14H21BrN2O2/c1-9-3-4-17(8-12(9)16)7-10-5-11(15)14(18)13(6-10)19-2/h5-6,9,12,18H,3-4,7-8,16H2,1-2H3. The van der Waals surface area contributed by atoms with Crippen LogP contribution in [0.1, 0.15) is 18.9 Å². The average Bonchev–Trinajstić information content (AvgIpc) is 2.38. The Morgan fingerprint density at radius 1 is 1.53 bits per heavy atom. The molecule has 1 heterocycles. The van der Waals surface area contributed by atoms with Gasteiger partial charge in [0.15, 0.2) is 11.5 Å². The number of hydrogen-bond acceptors (Lipinski definition) is 4. The zero-order valence-corrected chi connectivity index (χ0v) is 13.0. The summed E-state index contributed by atoms with van der Waals surface area (Å²) in [5, 5.41) is 9.80. The fourth-order valence-electron chi connectivity index (χ4n) is 2.45. The molecule has 19 heavy (non-hydrogen) atoms. The van der Waals surface area contributed by atoms with Crippen molar-refractivity contribution >= 4 is 15.9 Å². The van der Waals surface area contributed by atoms with Gasteiger partial charge in [-0.25, -0.2) is 0 Å². The number of phenols is 1. The van der Waals surface area contributed by atoms with Gasteiger partial charge in [0.1, 0.15) is 0 Å². The summed E-state index contributed by atoms with van der Waals surface area (Å²) in [7, 11) is 1.56. The molecule has 1 fully saturated rings. The van der Waals surface area contributed by atoms with Crippen LogP contribution < -0.4 is 10.5 Å². The number of likely N-dealkylation sites (tertiary alicyclic amines) is 1. The van der Waals surface area contributed by atoms with Gasteiger partial charge in [0, 0.05) is 19.1 Å². The molecule has 0 radical (unpaired) electrons. The van der Waals surface area contributed by atoms with Gasteiger partial charge in [-0.2, -0.15) is 0 Å². The Balaban J connectivity index is 2.09. The molecule has 106 valence electrons. The molecule has 0 spiro atoms. The summed E-state index contributed by atoms with van der Waals surface area (Å²) in [6.45, 7) is 5.02. The predicted molar refractivity (Wildman–Crippen MR) is 79.4 cm³/mol. The molecule has 2 atom stereocenters. The molecule has 1 aromatic rings. The van der Waals surface area contributed by atoms with E-state index in [0.717, 1.165) is 31.6 Å². The summed E-state index contributed by atoms with van der Waals surface area (Å²) < 4.78 is 5.83. The molecule has 0 aromatic heterocycles. The number of hydrogen-bond donors (Lipinski definition) is 2. The zero-order chi connectivity index (χ0) is 14.0. The number of phenolic OH excluding ortho intramolecular Hbond substituents is 1. The van der Waals surface area contributed by atoms with Crippen LogP contribution in [-0.2, 0) is 6.54 Å². The summed E-state index contributed by atoms with van der Waals surface area (Å²) in [5.41, 5.74) is 7.23. The van der Waals surface area contributed by atoms with Crippen LogP contribution in [0.2, 0.25) is 0 Å². The Hall–Kier alpha value is -0.780. The van der Waals surface area contributed by atoms with Crippen LogP contribution >= 0.6 is 15.9 Å². The van der Waals surface area contributed by atoms with Crippen molar-refractivity contribution in [3.05, 3.63) is 22.2 Å². The van der Waals surface area contributed by atoms with Crippen LogP contribution in [0.4, 0.5) is 0 Å². The number of methoxy groups -OCH3 is 1. The molecule has 2 unspecified atom stereocenters.